The molecule has 0 bridgehead atoms. The third-order valence-electron chi connectivity index (χ3n) is 4.70. The Hall–Kier alpha value is -1.10. The van der Waals surface area contributed by atoms with Gasteiger partial charge in [0.15, 0.2) is 6.10 Å². The zero-order valence-electron chi connectivity index (χ0n) is 12.1. The number of carboxylic acid groups (broad SMARTS) is 1. The second-order valence-electron chi connectivity index (χ2n) is 6.07. The first-order valence-electron chi connectivity index (χ1n) is 7.76. The Morgan fingerprint density at radius 3 is 2.20 bits per heavy atom. The normalized spacial score (nSPS) is 33.9. The van der Waals surface area contributed by atoms with Crippen molar-refractivity contribution in [2.24, 2.45) is 11.8 Å². The quantitative estimate of drug-likeness (QED) is 0.808. The highest BCUT2D eigenvalue weighted by atomic mass is 16.5. The second-order valence-corrected chi connectivity index (χ2v) is 6.07. The lowest BCUT2D eigenvalue weighted by molar-refractivity contribution is -0.151. The van der Waals surface area contributed by atoms with Gasteiger partial charge < -0.3 is 15.2 Å². The van der Waals surface area contributed by atoms with E-state index in [1.165, 1.54) is 32.1 Å². The monoisotopic (exact) mass is 283 g/mol. The number of aliphatic carboxylic acids is 1. The van der Waals surface area contributed by atoms with Crippen molar-refractivity contribution in [1.82, 2.24) is 5.32 Å². The Kier molecular flexibility index (Phi) is 5.40. The molecule has 2 rings (SSSR count). The number of rotatable bonds is 5. The molecular weight excluding hydrogens is 258 g/mol. The van der Waals surface area contributed by atoms with Crippen LogP contribution in [0.25, 0.3) is 0 Å². The smallest absolute Gasteiger partial charge is 0.332 e. The molecule has 0 aromatic carbocycles. The fourth-order valence-corrected chi connectivity index (χ4v) is 3.21. The van der Waals surface area contributed by atoms with Crippen LogP contribution in [0.1, 0.15) is 51.9 Å². The van der Waals surface area contributed by atoms with Gasteiger partial charge >= 0.3 is 5.97 Å². The number of hydrogen-bond acceptors (Lipinski definition) is 3. The lowest BCUT2D eigenvalue weighted by Crippen LogP contribution is -2.38. The van der Waals surface area contributed by atoms with Gasteiger partial charge in [0, 0.05) is 6.54 Å². The SMILES string of the molecule is CCC1CCC(CNC(=O)C2CCC(C(=O)O)O2)CC1. The summed E-state index contributed by atoms with van der Waals surface area (Å²) in [7, 11) is 0. The van der Waals surface area contributed by atoms with E-state index in [-0.39, 0.29) is 5.91 Å². The highest BCUT2D eigenvalue weighted by molar-refractivity contribution is 5.82. The average Bonchev–Trinajstić information content (AvgIpc) is 2.95. The third-order valence-corrected chi connectivity index (χ3v) is 4.70. The largest absolute Gasteiger partial charge is 0.479 e. The van der Waals surface area contributed by atoms with E-state index < -0.39 is 18.2 Å². The molecule has 2 unspecified atom stereocenters. The molecule has 2 aliphatic rings. The summed E-state index contributed by atoms with van der Waals surface area (Å²) in [5.74, 6) is 0.305. The number of carbonyl (C=O) groups excluding carboxylic acids is 1. The molecule has 1 saturated heterocycles. The molecule has 1 heterocycles. The van der Waals surface area contributed by atoms with Crippen LogP contribution in [0.3, 0.4) is 0 Å². The Morgan fingerprint density at radius 2 is 1.65 bits per heavy atom. The number of carbonyl (C=O) groups is 2. The molecule has 20 heavy (non-hydrogen) atoms. The van der Waals surface area contributed by atoms with Crippen molar-refractivity contribution in [2.75, 3.05) is 6.54 Å². The number of amides is 1. The topological polar surface area (TPSA) is 75.6 Å². The van der Waals surface area contributed by atoms with Crippen molar-refractivity contribution in [3.8, 4) is 0 Å². The Labute approximate surface area is 120 Å². The summed E-state index contributed by atoms with van der Waals surface area (Å²) in [4.78, 5) is 22.7. The van der Waals surface area contributed by atoms with E-state index in [0.717, 1.165) is 5.92 Å². The zero-order valence-corrected chi connectivity index (χ0v) is 12.1. The molecule has 0 radical (unpaired) electrons. The number of carboxylic acids is 1. The van der Waals surface area contributed by atoms with E-state index in [1.54, 1.807) is 0 Å². The molecule has 5 heteroatoms. The molecular formula is C15H25NO4. The Balaban J connectivity index is 1.67. The van der Waals surface area contributed by atoms with Crippen molar-refractivity contribution >= 4 is 11.9 Å². The first-order chi connectivity index (χ1) is 9.60. The molecule has 1 aliphatic carbocycles. The molecule has 114 valence electrons. The second kappa shape index (κ2) is 7.07. The van der Waals surface area contributed by atoms with Gasteiger partial charge in [0.1, 0.15) is 6.10 Å². The maximum absolute atomic E-state index is 11.9. The maximum atomic E-state index is 11.9. The molecule has 1 saturated carbocycles. The van der Waals surface area contributed by atoms with Gasteiger partial charge in [-0.2, -0.15) is 0 Å². The first kappa shape index (κ1) is 15.3. The number of ether oxygens (including phenoxy) is 1. The van der Waals surface area contributed by atoms with Crippen LogP contribution in [0.2, 0.25) is 0 Å². The molecule has 0 aromatic heterocycles. The summed E-state index contributed by atoms with van der Waals surface area (Å²) < 4.78 is 5.25. The summed E-state index contributed by atoms with van der Waals surface area (Å²) in [6.45, 7) is 2.94. The number of hydrogen-bond donors (Lipinski definition) is 2. The average molecular weight is 283 g/mol. The van der Waals surface area contributed by atoms with Gasteiger partial charge in [0.2, 0.25) is 5.91 Å². The van der Waals surface area contributed by atoms with Gasteiger partial charge in [0.25, 0.3) is 0 Å². The van der Waals surface area contributed by atoms with Gasteiger partial charge in [-0.1, -0.05) is 26.2 Å². The van der Waals surface area contributed by atoms with E-state index in [0.29, 0.717) is 25.3 Å². The fourth-order valence-electron chi connectivity index (χ4n) is 3.21. The third kappa shape index (κ3) is 3.95. The minimum absolute atomic E-state index is 0.147. The standard InChI is InChI=1S/C15H25NO4/c1-2-10-3-5-11(6-4-10)9-16-14(17)12-7-8-13(20-12)15(18)19/h10-13H,2-9H2,1H3,(H,16,17)(H,18,19). The van der Waals surface area contributed by atoms with E-state index in [9.17, 15) is 9.59 Å². The summed E-state index contributed by atoms with van der Waals surface area (Å²) in [5, 5.41) is 11.8. The van der Waals surface area contributed by atoms with Crippen molar-refractivity contribution in [2.45, 2.75) is 64.1 Å². The van der Waals surface area contributed by atoms with Crippen LogP contribution in [-0.2, 0) is 14.3 Å². The lowest BCUT2D eigenvalue weighted by Gasteiger charge is -2.28. The van der Waals surface area contributed by atoms with Gasteiger partial charge in [-0.25, -0.2) is 4.79 Å². The molecule has 1 amide bonds. The van der Waals surface area contributed by atoms with Gasteiger partial charge in [-0.3, -0.25) is 4.79 Å². The molecule has 1 aliphatic heterocycles. The van der Waals surface area contributed by atoms with Crippen molar-refractivity contribution in [3.63, 3.8) is 0 Å². The van der Waals surface area contributed by atoms with Crippen molar-refractivity contribution in [3.05, 3.63) is 0 Å². The molecule has 0 spiro atoms. The van der Waals surface area contributed by atoms with Gasteiger partial charge in [-0.05, 0) is 37.5 Å². The van der Waals surface area contributed by atoms with Crippen LogP contribution in [0.5, 0.6) is 0 Å². The van der Waals surface area contributed by atoms with E-state index in [1.807, 2.05) is 0 Å². The number of nitrogens with one attached hydrogen (secondary N) is 1. The van der Waals surface area contributed by atoms with E-state index >= 15 is 0 Å². The Bertz CT molecular complexity index is 350. The molecule has 2 N–H and O–H groups in total. The molecule has 2 fully saturated rings. The van der Waals surface area contributed by atoms with Crippen LogP contribution in [-0.4, -0.2) is 35.7 Å². The summed E-state index contributed by atoms with van der Waals surface area (Å²) in [6, 6.07) is 0. The fraction of sp³-hybridized carbons (Fsp3) is 0.867. The van der Waals surface area contributed by atoms with Crippen LogP contribution in [0.4, 0.5) is 0 Å². The highest BCUT2D eigenvalue weighted by Gasteiger charge is 2.34. The van der Waals surface area contributed by atoms with Crippen molar-refractivity contribution in [1.29, 1.82) is 0 Å². The van der Waals surface area contributed by atoms with Gasteiger partial charge in [0.05, 0.1) is 0 Å². The summed E-state index contributed by atoms with van der Waals surface area (Å²) >= 11 is 0. The van der Waals surface area contributed by atoms with Crippen LogP contribution < -0.4 is 5.32 Å². The minimum Gasteiger partial charge on any atom is -0.479 e. The maximum Gasteiger partial charge on any atom is 0.332 e. The van der Waals surface area contributed by atoms with Crippen LogP contribution in [0.15, 0.2) is 0 Å². The zero-order chi connectivity index (χ0) is 14.5. The van der Waals surface area contributed by atoms with E-state index in [4.69, 9.17) is 9.84 Å². The molecule has 2 atom stereocenters. The molecule has 5 nitrogen and oxygen atoms in total. The van der Waals surface area contributed by atoms with Crippen LogP contribution in [0, 0.1) is 11.8 Å². The predicted molar refractivity (Wildman–Crippen MR) is 74.3 cm³/mol. The van der Waals surface area contributed by atoms with Crippen molar-refractivity contribution < 1.29 is 19.4 Å². The first-order valence-corrected chi connectivity index (χ1v) is 7.76. The van der Waals surface area contributed by atoms with Crippen LogP contribution >= 0.6 is 0 Å². The predicted octanol–water partition coefficient (Wildman–Crippen LogP) is 1.95. The minimum atomic E-state index is -0.974. The lowest BCUT2D eigenvalue weighted by atomic mass is 9.81. The highest BCUT2D eigenvalue weighted by Crippen LogP contribution is 2.30. The summed E-state index contributed by atoms with van der Waals surface area (Å²) in [6.07, 6.45) is 5.68. The summed E-state index contributed by atoms with van der Waals surface area (Å²) in [5.41, 5.74) is 0. The van der Waals surface area contributed by atoms with Gasteiger partial charge in [-0.15, -0.1) is 0 Å². The van der Waals surface area contributed by atoms with E-state index in [2.05, 4.69) is 12.2 Å². The molecule has 0 aromatic rings. The Morgan fingerprint density at radius 1 is 1.05 bits per heavy atom.